The van der Waals surface area contributed by atoms with Gasteiger partial charge in [0.05, 0.1) is 18.1 Å². The minimum absolute atomic E-state index is 0.580. The van der Waals surface area contributed by atoms with Crippen molar-refractivity contribution in [2.24, 2.45) is 0 Å². The molecule has 0 atom stereocenters. The summed E-state index contributed by atoms with van der Waals surface area (Å²) in [6.45, 7) is 2.16. The number of aromatic nitrogens is 3. The first-order valence-corrected chi connectivity index (χ1v) is 9.47. The Morgan fingerprint density at radius 1 is 0.926 bits per heavy atom. The number of imidazole rings is 1. The first kappa shape index (κ1) is 16.1. The first-order chi connectivity index (χ1) is 13.4. The van der Waals surface area contributed by atoms with E-state index in [-0.39, 0.29) is 0 Å². The van der Waals surface area contributed by atoms with Crippen LogP contribution in [0.4, 0.5) is 0 Å². The van der Waals surface area contributed by atoms with E-state index >= 15 is 0 Å². The number of nitrogens with one attached hydrogen (secondary N) is 2. The zero-order valence-corrected chi connectivity index (χ0v) is 15.1. The summed E-state index contributed by atoms with van der Waals surface area (Å²) in [5.74, 6) is 2.25. The molecular weight excluding hydrogens is 336 g/mol. The van der Waals surface area contributed by atoms with Crippen molar-refractivity contribution >= 4 is 5.65 Å². The first-order valence-electron chi connectivity index (χ1n) is 9.47. The molecular formula is C22H22N4O. The van der Waals surface area contributed by atoms with Gasteiger partial charge in [0.1, 0.15) is 17.1 Å². The molecule has 0 saturated carbocycles. The molecule has 1 saturated heterocycles. The van der Waals surface area contributed by atoms with Gasteiger partial charge in [-0.3, -0.25) is 0 Å². The largest absolute Gasteiger partial charge is 0.457 e. The van der Waals surface area contributed by atoms with Crippen LogP contribution in [0, 0.1) is 0 Å². The number of hydrogen-bond donors (Lipinski definition) is 2. The third kappa shape index (κ3) is 3.22. The van der Waals surface area contributed by atoms with Gasteiger partial charge in [0.2, 0.25) is 0 Å². The Balaban J connectivity index is 1.39. The van der Waals surface area contributed by atoms with Gasteiger partial charge in [-0.25, -0.2) is 4.52 Å². The lowest BCUT2D eigenvalue weighted by atomic mass is 9.92. The number of para-hydroxylation sites is 1. The van der Waals surface area contributed by atoms with Crippen LogP contribution in [0.5, 0.6) is 11.5 Å². The highest BCUT2D eigenvalue weighted by atomic mass is 16.5. The van der Waals surface area contributed by atoms with E-state index in [0.29, 0.717) is 5.92 Å². The molecule has 3 heterocycles. The van der Waals surface area contributed by atoms with Gasteiger partial charge in [-0.2, -0.15) is 5.10 Å². The molecule has 0 radical (unpaired) electrons. The molecule has 2 aromatic heterocycles. The lowest BCUT2D eigenvalue weighted by molar-refractivity contribution is 0.462. The summed E-state index contributed by atoms with van der Waals surface area (Å²) in [6, 6.07) is 18.0. The number of aromatic amines is 1. The lowest BCUT2D eigenvalue weighted by Gasteiger charge is -2.21. The molecule has 136 valence electrons. The second kappa shape index (κ2) is 6.93. The van der Waals surface area contributed by atoms with Crippen molar-refractivity contribution in [1.29, 1.82) is 0 Å². The van der Waals surface area contributed by atoms with Crippen LogP contribution in [0.15, 0.2) is 67.0 Å². The van der Waals surface area contributed by atoms with Gasteiger partial charge in [0, 0.05) is 5.56 Å². The van der Waals surface area contributed by atoms with Gasteiger partial charge in [0.15, 0.2) is 0 Å². The number of nitrogens with zero attached hydrogens (tertiary/aromatic N) is 2. The normalized spacial score (nSPS) is 15.3. The third-order valence-electron chi connectivity index (χ3n) is 5.25. The molecule has 0 amide bonds. The highest BCUT2D eigenvalue weighted by Gasteiger charge is 2.20. The topological polar surface area (TPSA) is 54.4 Å². The predicted molar refractivity (Wildman–Crippen MR) is 106 cm³/mol. The van der Waals surface area contributed by atoms with E-state index in [4.69, 9.17) is 4.74 Å². The van der Waals surface area contributed by atoms with Crippen LogP contribution in [0.25, 0.3) is 16.9 Å². The van der Waals surface area contributed by atoms with Crippen LogP contribution in [-0.4, -0.2) is 27.7 Å². The Morgan fingerprint density at radius 3 is 2.44 bits per heavy atom. The number of fused-ring (bicyclic) bond motifs is 1. The zero-order chi connectivity index (χ0) is 18.1. The Bertz CT molecular complexity index is 1030. The summed E-state index contributed by atoms with van der Waals surface area (Å²) in [5.41, 5.74) is 4.63. The summed E-state index contributed by atoms with van der Waals surface area (Å²) >= 11 is 0. The molecule has 4 aromatic rings. The smallest absolute Gasteiger partial charge is 0.137 e. The fourth-order valence-electron chi connectivity index (χ4n) is 3.79. The Hall–Kier alpha value is -3.05. The molecule has 0 bridgehead atoms. The molecule has 27 heavy (non-hydrogen) atoms. The maximum atomic E-state index is 5.88. The second-order valence-corrected chi connectivity index (χ2v) is 7.02. The number of rotatable bonds is 4. The molecule has 0 unspecified atom stereocenters. The predicted octanol–water partition coefficient (Wildman–Crippen LogP) is 4.59. The van der Waals surface area contributed by atoms with E-state index < -0.39 is 0 Å². The van der Waals surface area contributed by atoms with Crippen molar-refractivity contribution in [3.05, 3.63) is 72.6 Å². The molecule has 5 heteroatoms. The molecule has 5 nitrogen and oxygen atoms in total. The lowest BCUT2D eigenvalue weighted by Crippen LogP contribution is -2.26. The van der Waals surface area contributed by atoms with Crippen molar-refractivity contribution in [3.8, 4) is 22.8 Å². The third-order valence-corrected chi connectivity index (χ3v) is 5.25. The molecule has 0 spiro atoms. The van der Waals surface area contributed by atoms with Crippen molar-refractivity contribution in [2.45, 2.75) is 18.8 Å². The van der Waals surface area contributed by atoms with E-state index in [1.165, 1.54) is 18.4 Å². The molecule has 1 fully saturated rings. The summed E-state index contributed by atoms with van der Waals surface area (Å²) in [7, 11) is 0. The van der Waals surface area contributed by atoms with E-state index in [9.17, 15) is 0 Å². The minimum atomic E-state index is 0.580. The zero-order valence-electron chi connectivity index (χ0n) is 15.1. The minimum Gasteiger partial charge on any atom is -0.457 e. The maximum absolute atomic E-state index is 5.88. The number of ether oxygens (including phenoxy) is 1. The van der Waals surface area contributed by atoms with Crippen molar-refractivity contribution in [2.75, 3.05) is 13.1 Å². The highest BCUT2D eigenvalue weighted by molar-refractivity contribution is 5.65. The Labute approximate surface area is 158 Å². The van der Waals surface area contributed by atoms with Crippen LogP contribution >= 0.6 is 0 Å². The standard InChI is InChI=1S/C22H22N4O/c1-2-4-18(5-3-1)27-19-8-6-17(7-9-19)21-15-26-22(25-21)20(14-24-26)16-10-12-23-13-11-16/h1-9,14-16,23,25H,10-13H2. The monoisotopic (exact) mass is 358 g/mol. The van der Waals surface area contributed by atoms with E-state index in [0.717, 1.165) is 41.5 Å². The quantitative estimate of drug-likeness (QED) is 0.561. The maximum Gasteiger partial charge on any atom is 0.137 e. The van der Waals surface area contributed by atoms with E-state index in [2.05, 4.69) is 33.7 Å². The van der Waals surface area contributed by atoms with Gasteiger partial charge in [-0.1, -0.05) is 18.2 Å². The second-order valence-electron chi connectivity index (χ2n) is 7.02. The molecule has 0 aliphatic carbocycles. The van der Waals surface area contributed by atoms with Crippen LogP contribution in [-0.2, 0) is 0 Å². The van der Waals surface area contributed by atoms with Crippen molar-refractivity contribution in [3.63, 3.8) is 0 Å². The fourth-order valence-corrected chi connectivity index (χ4v) is 3.79. The number of H-pyrrole nitrogens is 1. The molecule has 1 aliphatic heterocycles. The Kier molecular flexibility index (Phi) is 4.14. The Morgan fingerprint density at radius 2 is 1.67 bits per heavy atom. The van der Waals surface area contributed by atoms with Gasteiger partial charge in [-0.05, 0) is 73.8 Å². The van der Waals surface area contributed by atoms with Crippen LogP contribution in [0.3, 0.4) is 0 Å². The summed E-state index contributed by atoms with van der Waals surface area (Å²) in [4.78, 5) is 3.57. The number of hydrogen-bond acceptors (Lipinski definition) is 3. The van der Waals surface area contributed by atoms with E-state index in [1.807, 2.05) is 53.2 Å². The molecule has 2 aromatic carbocycles. The van der Waals surface area contributed by atoms with Crippen molar-refractivity contribution < 1.29 is 4.74 Å². The average Bonchev–Trinajstić information content (AvgIpc) is 3.31. The van der Waals surface area contributed by atoms with Crippen LogP contribution < -0.4 is 10.1 Å². The number of benzene rings is 2. The van der Waals surface area contributed by atoms with E-state index in [1.54, 1.807) is 0 Å². The van der Waals surface area contributed by atoms with Crippen LogP contribution in [0.2, 0.25) is 0 Å². The van der Waals surface area contributed by atoms with Gasteiger partial charge >= 0.3 is 0 Å². The SMILES string of the molecule is c1ccc(Oc2ccc(-c3cn4ncc(C5CCNCC5)c4[nH]3)cc2)cc1. The van der Waals surface area contributed by atoms with Crippen LogP contribution in [0.1, 0.15) is 24.3 Å². The summed E-state index contributed by atoms with van der Waals surface area (Å²) in [6.07, 6.45) is 6.41. The molecule has 1 aliphatic rings. The van der Waals surface area contributed by atoms with Gasteiger partial charge in [0.25, 0.3) is 0 Å². The summed E-state index contributed by atoms with van der Waals surface area (Å²) < 4.78 is 7.84. The van der Waals surface area contributed by atoms with Gasteiger partial charge in [-0.15, -0.1) is 0 Å². The fraction of sp³-hybridized carbons (Fsp3) is 0.227. The van der Waals surface area contributed by atoms with Crippen molar-refractivity contribution in [1.82, 2.24) is 19.9 Å². The van der Waals surface area contributed by atoms with Gasteiger partial charge < -0.3 is 15.0 Å². The molecule has 5 rings (SSSR count). The molecule has 2 N–H and O–H groups in total. The number of piperidine rings is 1. The highest BCUT2D eigenvalue weighted by Crippen LogP contribution is 2.30. The summed E-state index contributed by atoms with van der Waals surface area (Å²) in [5, 5.41) is 7.98. The average molecular weight is 358 g/mol.